The maximum Gasteiger partial charge on any atom is 0.156 e. The van der Waals surface area contributed by atoms with E-state index < -0.39 is 0 Å². The van der Waals surface area contributed by atoms with Crippen LogP contribution >= 0.6 is 11.6 Å². The van der Waals surface area contributed by atoms with Crippen LogP contribution in [-0.2, 0) is 0 Å². The van der Waals surface area contributed by atoms with Gasteiger partial charge in [0.1, 0.15) is 16.8 Å². The van der Waals surface area contributed by atoms with Crippen molar-refractivity contribution in [2.75, 3.05) is 18.0 Å². The highest BCUT2D eigenvalue weighted by molar-refractivity contribution is 6.29. The number of rotatable bonds is 3. The van der Waals surface area contributed by atoms with Crippen molar-refractivity contribution >= 4 is 40.6 Å². The molecule has 0 spiro atoms. The van der Waals surface area contributed by atoms with E-state index in [1.54, 1.807) is 24.3 Å². The first-order chi connectivity index (χ1) is 12.6. The summed E-state index contributed by atoms with van der Waals surface area (Å²) in [5.74, 6) is 1.02. The van der Waals surface area contributed by atoms with Crippen molar-refractivity contribution in [3.05, 3.63) is 52.4 Å². The van der Waals surface area contributed by atoms with Crippen LogP contribution in [0.2, 0.25) is 5.15 Å². The molecular formula is C19H17ClFN5. The number of nitrogens with zero attached hydrogens (tertiary/aromatic N) is 5. The van der Waals surface area contributed by atoms with Gasteiger partial charge in [0.15, 0.2) is 5.82 Å². The first-order valence-electron chi connectivity index (χ1n) is 8.50. The molecule has 4 rings (SSSR count). The van der Waals surface area contributed by atoms with Gasteiger partial charge in [-0.15, -0.1) is 0 Å². The van der Waals surface area contributed by atoms with Crippen LogP contribution in [0.3, 0.4) is 0 Å². The van der Waals surface area contributed by atoms with E-state index in [9.17, 15) is 4.39 Å². The number of fused-ring (bicyclic) bond motifs is 1. The molecule has 132 valence electrons. The Morgan fingerprint density at radius 1 is 1.00 bits per heavy atom. The van der Waals surface area contributed by atoms with Gasteiger partial charge in [-0.3, -0.25) is 0 Å². The number of hydrogen-bond acceptors (Lipinski definition) is 5. The lowest BCUT2D eigenvalue weighted by Crippen LogP contribution is -2.19. The lowest BCUT2D eigenvalue weighted by atomic mass is 10.2. The Morgan fingerprint density at radius 2 is 1.81 bits per heavy atom. The zero-order valence-electron chi connectivity index (χ0n) is 14.3. The molecule has 1 aliphatic rings. The van der Waals surface area contributed by atoms with Crippen LogP contribution in [0.1, 0.15) is 30.1 Å². The summed E-state index contributed by atoms with van der Waals surface area (Å²) >= 11 is 6.16. The minimum Gasteiger partial charge on any atom is -0.356 e. The Bertz CT molecular complexity index is 999. The van der Waals surface area contributed by atoms with E-state index in [2.05, 4.69) is 24.8 Å². The van der Waals surface area contributed by atoms with Gasteiger partial charge in [-0.2, -0.15) is 0 Å². The van der Waals surface area contributed by atoms with Gasteiger partial charge in [0, 0.05) is 25.2 Å². The van der Waals surface area contributed by atoms with Gasteiger partial charge in [-0.1, -0.05) is 11.6 Å². The standard InChI is InChI=1S/C19H17ClFN5/c1-12-14(23-16-10-13(21)4-5-15(16)22-12)6-7-18-24-17(20)11-19(25-18)26-8-2-3-9-26/h4-7,10-11H,2-3,8-9H2,1H3/b7-6+. The van der Waals surface area contributed by atoms with E-state index in [4.69, 9.17) is 11.6 Å². The van der Waals surface area contributed by atoms with Crippen LogP contribution in [0, 0.1) is 12.7 Å². The van der Waals surface area contributed by atoms with Crippen LogP contribution in [0.5, 0.6) is 0 Å². The maximum absolute atomic E-state index is 13.4. The summed E-state index contributed by atoms with van der Waals surface area (Å²) in [5, 5.41) is 0.407. The molecule has 1 aromatic carbocycles. The lowest BCUT2D eigenvalue weighted by Gasteiger charge is -2.16. The average Bonchev–Trinajstić information content (AvgIpc) is 3.14. The summed E-state index contributed by atoms with van der Waals surface area (Å²) in [6, 6.07) is 6.17. The molecular weight excluding hydrogens is 353 g/mol. The molecule has 0 atom stereocenters. The number of halogens is 2. The number of aromatic nitrogens is 4. The van der Waals surface area contributed by atoms with Gasteiger partial charge < -0.3 is 4.90 Å². The Balaban J connectivity index is 1.67. The predicted molar refractivity (Wildman–Crippen MR) is 102 cm³/mol. The van der Waals surface area contributed by atoms with Gasteiger partial charge in [0.05, 0.1) is 22.4 Å². The quantitative estimate of drug-likeness (QED) is 0.644. The first-order valence-corrected chi connectivity index (χ1v) is 8.88. The second-order valence-electron chi connectivity index (χ2n) is 6.26. The third-order valence-corrected chi connectivity index (χ3v) is 4.55. The second kappa shape index (κ2) is 6.96. The topological polar surface area (TPSA) is 54.8 Å². The number of hydrogen-bond donors (Lipinski definition) is 0. The number of benzene rings is 1. The van der Waals surface area contributed by atoms with E-state index in [0.29, 0.717) is 27.7 Å². The molecule has 5 nitrogen and oxygen atoms in total. The zero-order chi connectivity index (χ0) is 18.1. The van der Waals surface area contributed by atoms with Crippen molar-refractivity contribution in [1.82, 2.24) is 19.9 Å². The van der Waals surface area contributed by atoms with Crippen molar-refractivity contribution in [1.29, 1.82) is 0 Å². The van der Waals surface area contributed by atoms with Gasteiger partial charge in [-0.05, 0) is 44.1 Å². The summed E-state index contributed by atoms with van der Waals surface area (Å²) in [6.45, 7) is 3.83. The molecule has 0 saturated carbocycles. The molecule has 1 saturated heterocycles. The highest BCUT2D eigenvalue weighted by atomic mass is 35.5. The van der Waals surface area contributed by atoms with Gasteiger partial charge in [-0.25, -0.2) is 24.3 Å². The van der Waals surface area contributed by atoms with Crippen LogP contribution in [-0.4, -0.2) is 33.0 Å². The van der Waals surface area contributed by atoms with Gasteiger partial charge in [0.25, 0.3) is 0 Å². The summed E-state index contributed by atoms with van der Waals surface area (Å²) < 4.78 is 13.4. The monoisotopic (exact) mass is 369 g/mol. The first kappa shape index (κ1) is 16.8. The maximum atomic E-state index is 13.4. The van der Waals surface area contributed by atoms with Gasteiger partial charge >= 0.3 is 0 Å². The Labute approximate surface area is 155 Å². The van der Waals surface area contributed by atoms with E-state index in [1.807, 2.05) is 6.92 Å². The fraction of sp³-hybridized carbons (Fsp3) is 0.263. The molecule has 26 heavy (non-hydrogen) atoms. The zero-order valence-corrected chi connectivity index (χ0v) is 15.0. The van der Waals surface area contributed by atoms with Crippen LogP contribution in [0.25, 0.3) is 23.2 Å². The van der Waals surface area contributed by atoms with Crippen molar-refractivity contribution in [2.24, 2.45) is 0 Å². The molecule has 1 aliphatic heterocycles. The molecule has 0 radical (unpaired) electrons. The molecule has 0 aliphatic carbocycles. The minimum atomic E-state index is -0.334. The largest absolute Gasteiger partial charge is 0.356 e. The average molecular weight is 370 g/mol. The number of aryl methyl sites for hydroxylation is 1. The van der Waals surface area contributed by atoms with E-state index in [-0.39, 0.29) is 5.82 Å². The smallest absolute Gasteiger partial charge is 0.156 e. The van der Waals surface area contributed by atoms with Crippen LogP contribution in [0.4, 0.5) is 10.2 Å². The molecule has 7 heteroatoms. The normalized spacial score (nSPS) is 14.7. The van der Waals surface area contributed by atoms with Gasteiger partial charge in [0.2, 0.25) is 0 Å². The molecule has 0 bridgehead atoms. The molecule has 3 heterocycles. The summed E-state index contributed by atoms with van der Waals surface area (Å²) in [5.41, 5.74) is 2.58. The third kappa shape index (κ3) is 3.51. The van der Waals surface area contributed by atoms with E-state index in [1.165, 1.54) is 12.1 Å². The predicted octanol–water partition coefficient (Wildman–Crippen LogP) is 4.29. The number of anilines is 1. The van der Waals surface area contributed by atoms with Crippen LogP contribution < -0.4 is 4.90 Å². The second-order valence-corrected chi connectivity index (χ2v) is 6.65. The summed E-state index contributed by atoms with van der Waals surface area (Å²) in [7, 11) is 0. The lowest BCUT2D eigenvalue weighted by molar-refractivity contribution is 0.629. The highest BCUT2D eigenvalue weighted by Crippen LogP contribution is 2.22. The fourth-order valence-corrected chi connectivity index (χ4v) is 3.23. The molecule has 0 unspecified atom stereocenters. The van der Waals surface area contributed by atoms with E-state index >= 15 is 0 Å². The fourth-order valence-electron chi connectivity index (χ4n) is 3.05. The Kier molecular flexibility index (Phi) is 4.51. The SMILES string of the molecule is Cc1nc2ccc(F)cc2nc1/C=C/c1nc(Cl)cc(N2CCCC2)n1. The minimum absolute atomic E-state index is 0.334. The van der Waals surface area contributed by atoms with Crippen molar-refractivity contribution in [3.63, 3.8) is 0 Å². The molecule has 0 amide bonds. The molecule has 1 fully saturated rings. The van der Waals surface area contributed by atoms with Crippen molar-refractivity contribution in [2.45, 2.75) is 19.8 Å². The molecule has 3 aromatic rings. The Morgan fingerprint density at radius 3 is 2.62 bits per heavy atom. The highest BCUT2D eigenvalue weighted by Gasteiger charge is 2.15. The van der Waals surface area contributed by atoms with Crippen molar-refractivity contribution in [3.8, 4) is 0 Å². The molecule has 2 aromatic heterocycles. The van der Waals surface area contributed by atoms with E-state index in [0.717, 1.165) is 37.4 Å². The summed E-state index contributed by atoms with van der Waals surface area (Å²) in [4.78, 5) is 20.0. The Hall–Kier alpha value is -2.60. The van der Waals surface area contributed by atoms with Crippen LogP contribution in [0.15, 0.2) is 24.3 Å². The molecule has 0 N–H and O–H groups in total. The third-order valence-electron chi connectivity index (χ3n) is 4.36. The van der Waals surface area contributed by atoms with Crippen molar-refractivity contribution < 1.29 is 4.39 Å². The summed E-state index contributed by atoms with van der Waals surface area (Å²) in [6.07, 6.45) is 5.87.